The molecule has 0 aliphatic rings. The lowest BCUT2D eigenvalue weighted by Gasteiger charge is -2.17. The standard InChI is InChI=1S/C16H20N2S/c1-11-5-10-16(13(3)17-11)18-12(2)14-6-8-15(19-4)9-7-14/h5-10,12,18H,1-4H3. The van der Waals surface area contributed by atoms with Crippen molar-refractivity contribution in [3.8, 4) is 0 Å². The van der Waals surface area contributed by atoms with E-state index in [1.807, 2.05) is 19.9 Å². The SMILES string of the molecule is CSc1ccc(C(C)Nc2ccc(C)nc2C)cc1. The smallest absolute Gasteiger partial charge is 0.0607 e. The van der Waals surface area contributed by atoms with Crippen LogP contribution in [0.5, 0.6) is 0 Å². The van der Waals surface area contributed by atoms with Gasteiger partial charge in [0.1, 0.15) is 0 Å². The van der Waals surface area contributed by atoms with Gasteiger partial charge in [0.05, 0.1) is 11.4 Å². The van der Waals surface area contributed by atoms with Crippen LogP contribution in [0.3, 0.4) is 0 Å². The van der Waals surface area contributed by atoms with E-state index in [0.717, 1.165) is 17.1 Å². The molecule has 2 nitrogen and oxygen atoms in total. The minimum atomic E-state index is 0.277. The third-order valence-corrected chi connectivity index (χ3v) is 3.96. The monoisotopic (exact) mass is 272 g/mol. The van der Waals surface area contributed by atoms with Crippen molar-refractivity contribution in [3.63, 3.8) is 0 Å². The van der Waals surface area contributed by atoms with Crippen LogP contribution >= 0.6 is 11.8 Å². The molecular formula is C16H20N2S. The zero-order chi connectivity index (χ0) is 13.8. The molecule has 100 valence electrons. The van der Waals surface area contributed by atoms with Gasteiger partial charge in [0.2, 0.25) is 0 Å². The Morgan fingerprint density at radius 2 is 1.74 bits per heavy atom. The Bertz CT molecular complexity index is 549. The van der Waals surface area contributed by atoms with Gasteiger partial charge in [-0.25, -0.2) is 0 Å². The number of rotatable bonds is 4. The highest BCUT2D eigenvalue weighted by atomic mass is 32.2. The number of nitrogens with one attached hydrogen (secondary N) is 1. The fourth-order valence-electron chi connectivity index (χ4n) is 2.05. The van der Waals surface area contributed by atoms with Gasteiger partial charge >= 0.3 is 0 Å². The molecule has 1 heterocycles. The van der Waals surface area contributed by atoms with Crippen molar-refractivity contribution in [3.05, 3.63) is 53.3 Å². The molecule has 0 aliphatic heterocycles. The summed E-state index contributed by atoms with van der Waals surface area (Å²) < 4.78 is 0. The Morgan fingerprint density at radius 1 is 1.05 bits per heavy atom. The quantitative estimate of drug-likeness (QED) is 0.824. The summed E-state index contributed by atoms with van der Waals surface area (Å²) in [6, 6.07) is 13.1. The van der Waals surface area contributed by atoms with Gasteiger partial charge in [-0.2, -0.15) is 0 Å². The van der Waals surface area contributed by atoms with Gasteiger partial charge in [-0.3, -0.25) is 4.98 Å². The number of anilines is 1. The number of nitrogens with zero attached hydrogens (tertiary/aromatic N) is 1. The molecule has 1 aromatic heterocycles. The Kier molecular flexibility index (Phi) is 4.48. The molecule has 2 rings (SSSR count). The van der Waals surface area contributed by atoms with E-state index in [2.05, 4.69) is 53.8 Å². The lowest BCUT2D eigenvalue weighted by molar-refractivity contribution is 0.876. The highest BCUT2D eigenvalue weighted by molar-refractivity contribution is 7.98. The van der Waals surface area contributed by atoms with Gasteiger partial charge in [0.15, 0.2) is 0 Å². The van der Waals surface area contributed by atoms with E-state index >= 15 is 0 Å². The fraction of sp³-hybridized carbons (Fsp3) is 0.312. The number of hydrogen-bond acceptors (Lipinski definition) is 3. The number of benzene rings is 1. The van der Waals surface area contributed by atoms with Gasteiger partial charge in [-0.05, 0) is 56.9 Å². The Labute approximate surface area is 119 Å². The first kappa shape index (κ1) is 13.9. The maximum Gasteiger partial charge on any atom is 0.0607 e. The number of aryl methyl sites for hydroxylation is 2. The molecular weight excluding hydrogens is 252 g/mol. The van der Waals surface area contributed by atoms with Gasteiger partial charge < -0.3 is 5.32 Å². The Morgan fingerprint density at radius 3 is 2.32 bits per heavy atom. The van der Waals surface area contributed by atoms with Crippen LogP contribution in [0.25, 0.3) is 0 Å². The summed E-state index contributed by atoms with van der Waals surface area (Å²) in [6.45, 7) is 6.23. The van der Waals surface area contributed by atoms with Gasteiger partial charge in [-0.1, -0.05) is 12.1 Å². The van der Waals surface area contributed by atoms with E-state index in [0.29, 0.717) is 0 Å². The van der Waals surface area contributed by atoms with E-state index in [9.17, 15) is 0 Å². The molecule has 1 aromatic carbocycles. The van der Waals surface area contributed by atoms with E-state index in [4.69, 9.17) is 0 Å². The summed E-state index contributed by atoms with van der Waals surface area (Å²) in [5.74, 6) is 0. The van der Waals surface area contributed by atoms with Crippen molar-refractivity contribution in [2.75, 3.05) is 11.6 Å². The molecule has 2 aromatic rings. The third-order valence-electron chi connectivity index (χ3n) is 3.21. The van der Waals surface area contributed by atoms with Crippen molar-refractivity contribution in [2.24, 2.45) is 0 Å². The summed E-state index contributed by atoms with van der Waals surface area (Å²) in [5.41, 5.74) is 4.50. The van der Waals surface area contributed by atoms with Crippen LogP contribution in [0.15, 0.2) is 41.3 Å². The lowest BCUT2D eigenvalue weighted by atomic mass is 10.1. The summed E-state index contributed by atoms with van der Waals surface area (Å²) in [6.07, 6.45) is 2.10. The first-order valence-corrected chi connectivity index (χ1v) is 7.67. The molecule has 1 N–H and O–H groups in total. The van der Waals surface area contributed by atoms with Crippen LogP contribution in [-0.2, 0) is 0 Å². The maximum atomic E-state index is 4.48. The summed E-state index contributed by atoms with van der Waals surface area (Å²) in [4.78, 5) is 5.78. The molecule has 0 aliphatic carbocycles. The molecule has 1 unspecified atom stereocenters. The van der Waals surface area contributed by atoms with E-state index in [-0.39, 0.29) is 6.04 Å². The molecule has 0 radical (unpaired) electrons. The number of aromatic nitrogens is 1. The zero-order valence-electron chi connectivity index (χ0n) is 11.9. The van der Waals surface area contributed by atoms with Gasteiger partial charge in [0.25, 0.3) is 0 Å². The molecule has 3 heteroatoms. The normalized spacial score (nSPS) is 12.2. The van der Waals surface area contributed by atoms with Crippen LogP contribution in [-0.4, -0.2) is 11.2 Å². The van der Waals surface area contributed by atoms with Crippen LogP contribution in [0.4, 0.5) is 5.69 Å². The van der Waals surface area contributed by atoms with Crippen molar-refractivity contribution >= 4 is 17.4 Å². The van der Waals surface area contributed by atoms with E-state index in [1.165, 1.54) is 10.5 Å². The molecule has 0 saturated heterocycles. The minimum Gasteiger partial charge on any atom is -0.377 e. The third kappa shape index (κ3) is 3.51. The van der Waals surface area contributed by atoms with Crippen LogP contribution < -0.4 is 5.32 Å². The van der Waals surface area contributed by atoms with Crippen molar-refractivity contribution in [1.82, 2.24) is 4.98 Å². The fourth-order valence-corrected chi connectivity index (χ4v) is 2.46. The average molecular weight is 272 g/mol. The van der Waals surface area contributed by atoms with Gasteiger partial charge in [-0.15, -0.1) is 11.8 Å². The first-order chi connectivity index (χ1) is 9.10. The highest BCUT2D eigenvalue weighted by Gasteiger charge is 2.07. The molecule has 0 amide bonds. The van der Waals surface area contributed by atoms with E-state index < -0.39 is 0 Å². The topological polar surface area (TPSA) is 24.9 Å². The second-order valence-electron chi connectivity index (χ2n) is 4.72. The lowest BCUT2D eigenvalue weighted by Crippen LogP contribution is -2.08. The number of hydrogen-bond donors (Lipinski definition) is 1. The molecule has 0 fully saturated rings. The maximum absolute atomic E-state index is 4.48. The van der Waals surface area contributed by atoms with Crippen molar-refractivity contribution < 1.29 is 0 Å². The van der Waals surface area contributed by atoms with E-state index in [1.54, 1.807) is 11.8 Å². The van der Waals surface area contributed by atoms with Gasteiger partial charge in [0, 0.05) is 16.6 Å². The summed E-state index contributed by atoms with van der Waals surface area (Å²) in [5, 5.41) is 3.52. The summed E-state index contributed by atoms with van der Waals surface area (Å²) in [7, 11) is 0. The Balaban J connectivity index is 2.13. The van der Waals surface area contributed by atoms with Crippen LogP contribution in [0.1, 0.15) is 29.9 Å². The highest BCUT2D eigenvalue weighted by Crippen LogP contribution is 2.23. The molecule has 19 heavy (non-hydrogen) atoms. The molecule has 0 spiro atoms. The zero-order valence-corrected chi connectivity index (χ0v) is 12.7. The summed E-state index contributed by atoms with van der Waals surface area (Å²) >= 11 is 1.77. The average Bonchev–Trinajstić information content (AvgIpc) is 2.42. The number of thioether (sulfide) groups is 1. The largest absolute Gasteiger partial charge is 0.377 e. The molecule has 0 saturated carbocycles. The van der Waals surface area contributed by atoms with Crippen molar-refractivity contribution in [1.29, 1.82) is 0 Å². The second-order valence-corrected chi connectivity index (χ2v) is 5.60. The second kappa shape index (κ2) is 6.11. The predicted molar refractivity (Wildman–Crippen MR) is 84.0 cm³/mol. The van der Waals surface area contributed by atoms with Crippen LogP contribution in [0, 0.1) is 13.8 Å². The molecule has 0 bridgehead atoms. The Hall–Kier alpha value is -1.48. The first-order valence-electron chi connectivity index (χ1n) is 6.45. The minimum absolute atomic E-state index is 0.277. The predicted octanol–water partition coefficient (Wildman–Crippen LogP) is 4.59. The number of pyridine rings is 1. The van der Waals surface area contributed by atoms with Crippen molar-refractivity contribution in [2.45, 2.75) is 31.7 Å². The van der Waals surface area contributed by atoms with Crippen LogP contribution in [0.2, 0.25) is 0 Å². The molecule has 1 atom stereocenters.